The Kier molecular flexibility index (Phi) is 7.55. The van der Waals surface area contributed by atoms with E-state index in [0.717, 1.165) is 10.0 Å². The molecule has 0 heterocycles. The van der Waals surface area contributed by atoms with Crippen molar-refractivity contribution >= 4 is 56.8 Å². The molecule has 8 heteroatoms. The molecule has 25 heavy (non-hydrogen) atoms. The van der Waals surface area contributed by atoms with E-state index < -0.39 is 0 Å². The van der Waals surface area contributed by atoms with Gasteiger partial charge in [-0.05, 0) is 42.0 Å². The molecule has 0 aromatic heterocycles. The van der Waals surface area contributed by atoms with Crippen molar-refractivity contribution in [2.75, 3.05) is 11.9 Å². The van der Waals surface area contributed by atoms with Crippen molar-refractivity contribution in [1.29, 1.82) is 0 Å². The standard InChI is InChI=1S/C17H16BrCl2N3O2/c18-12-2-5-14(6-3-12)23-17(25)21-8-7-16(24)22-10-11-1-4-13(19)9-15(11)20/h1-6,9H,7-8,10H2,(H,22,24)(H2,21,23,25). The van der Waals surface area contributed by atoms with E-state index in [1.807, 2.05) is 12.1 Å². The van der Waals surface area contributed by atoms with Crippen molar-refractivity contribution in [2.45, 2.75) is 13.0 Å². The summed E-state index contributed by atoms with van der Waals surface area (Å²) in [4.78, 5) is 23.6. The van der Waals surface area contributed by atoms with Crippen molar-refractivity contribution in [3.05, 3.63) is 62.5 Å². The molecule has 0 fully saturated rings. The lowest BCUT2D eigenvalue weighted by atomic mass is 10.2. The van der Waals surface area contributed by atoms with Gasteiger partial charge in [-0.15, -0.1) is 0 Å². The molecular formula is C17H16BrCl2N3O2. The molecule has 132 valence electrons. The summed E-state index contributed by atoms with van der Waals surface area (Å²) in [7, 11) is 0. The van der Waals surface area contributed by atoms with Gasteiger partial charge < -0.3 is 16.0 Å². The van der Waals surface area contributed by atoms with E-state index in [4.69, 9.17) is 23.2 Å². The van der Waals surface area contributed by atoms with Crippen molar-refractivity contribution in [2.24, 2.45) is 0 Å². The minimum Gasteiger partial charge on any atom is -0.352 e. The first-order valence-electron chi connectivity index (χ1n) is 7.45. The molecule has 0 aliphatic heterocycles. The summed E-state index contributed by atoms with van der Waals surface area (Å²) in [5.41, 5.74) is 1.45. The van der Waals surface area contributed by atoms with Gasteiger partial charge in [-0.2, -0.15) is 0 Å². The average Bonchev–Trinajstić information content (AvgIpc) is 2.56. The van der Waals surface area contributed by atoms with E-state index in [-0.39, 0.29) is 24.9 Å². The first-order chi connectivity index (χ1) is 11.9. The third kappa shape index (κ3) is 6.94. The maximum Gasteiger partial charge on any atom is 0.319 e. The zero-order valence-corrected chi connectivity index (χ0v) is 16.2. The fraction of sp³-hybridized carbons (Fsp3) is 0.176. The van der Waals surface area contributed by atoms with E-state index in [1.165, 1.54) is 0 Å². The predicted octanol–water partition coefficient (Wildman–Crippen LogP) is 4.58. The summed E-state index contributed by atoms with van der Waals surface area (Å²) in [6, 6.07) is 11.9. The van der Waals surface area contributed by atoms with Crippen molar-refractivity contribution in [1.82, 2.24) is 10.6 Å². The van der Waals surface area contributed by atoms with Crippen LogP contribution in [-0.2, 0) is 11.3 Å². The maximum atomic E-state index is 11.8. The Morgan fingerprint density at radius 3 is 2.40 bits per heavy atom. The molecular weight excluding hydrogens is 429 g/mol. The lowest BCUT2D eigenvalue weighted by molar-refractivity contribution is -0.121. The second-order valence-corrected chi connectivity index (χ2v) is 6.91. The number of rotatable bonds is 6. The number of carbonyl (C=O) groups is 2. The number of benzene rings is 2. The third-order valence-electron chi connectivity index (χ3n) is 3.23. The van der Waals surface area contributed by atoms with Crippen LogP contribution in [0.4, 0.5) is 10.5 Å². The van der Waals surface area contributed by atoms with E-state index in [1.54, 1.807) is 30.3 Å². The van der Waals surface area contributed by atoms with Crippen LogP contribution in [0.5, 0.6) is 0 Å². The van der Waals surface area contributed by atoms with Crippen LogP contribution in [0.15, 0.2) is 46.9 Å². The Hall–Kier alpha value is -1.76. The van der Waals surface area contributed by atoms with Crippen LogP contribution >= 0.6 is 39.1 Å². The van der Waals surface area contributed by atoms with E-state index in [2.05, 4.69) is 31.9 Å². The van der Waals surface area contributed by atoms with Gasteiger partial charge in [0.05, 0.1) is 0 Å². The molecule has 5 nitrogen and oxygen atoms in total. The minimum atomic E-state index is -0.365. The fourth-order valence-electron chi connectivity index (χ4n) is 1.95. The largest absolute Gasteiger partial charge is 0.352 e. The average molecular weight is 445 g/mol. The molecule has 2 rings (SSSR count). The van der Waals surface area contributed by atoms with Crippen LogP contribution in [-0.4, -0.2) is 18.5 Å². The fourth-order valence-corrected chi connectivity index (χ4v) is 2.68. The zero-order chi connectivity index (χ0) is 18.2. The maximum absolute atomic E-state index is 11.8. The molecule has 0 unspecified atom stereocenters. The van der Waals surface area contributed by atoms with Crippen molar-refractivity contribution in [3.63, 3.8) is 0 Å². The molecule has 2 aromatic carbocycles. The van der Waals surface area contributed by atoms with Gasteiger partial charge in [-0.1, -0.05) is 45.2 Å². The summed E-state index contributed by atoms with van der Waals surface area (Å²) in [6.45, 7) is 0.530. The lowest BCUT2D eigenvalue weighted by Crippen LogP contribution is -2.33. The Morgan fingerprint density at radius 2 is 1.72 bits per heavy atom. The molecule has 0 saturated heterocycles. The van der Waals surface area contributed by atoms with Crippen molar-refractivity contribution in [3.8, 4) is 0 Å². The monoisotopic (exact) mass is 443 g/mol. The summed E-state index contributed by atoms with van der Waals surface area (Å²) in [6.07, 6.45) is 0.166. The molecule has 0 aliphatic rings. The van der Waals surface area contributed by atoms with Gasteiger partial charge in [0.2, 0.25) is 5.91 Å². The number of nitrogens with one attached hydrogen (secondary N) is 3. The second kappa shape index (κ2) is 9.65. The third-order valence-corrected chi connectivity index (χ3v) is 4.35. The minimum absolute atomic E-state index is 0.166. The van der Waals surface area contributed by atoms with Gasteiger partial charge >= 0.3 is 6.03 Å². The van der Waals surface area contributed by atoms with Gasteiger partial charge in [-0.3, -0.25) is 4.79 Å². The first-order valence-corrected chi connectivity index (χ1v) is 9.00. The Bertz CT molecular complexity index is 754. The SMILES string of the molecule is O=C(CCNC(=O)Nc1ccc(Br)cc1)NCc1ccc(Cl)cc1Cl. The van der Waals surface area contributed by atoms with Crippen LogP contribution in [0, 0.1) is 0 Å². The molecule has 3 amide bonds. The summed E-state index contributed by atoms with van der Waals surface area (Å²) in [5.74, 6) is -0.185. The van der Waals surface area contributed by atoms with E-state index in [0.29, 0.717) is 22.3 Å². The Labute approximate surface area is 164 Å². The first kappa shape index (κ1) is 19.6. The number of urea groups is 1. The Morgan fingerprint density at radius 1 is 1.00 bits per heavy atom. The number of carbonyl (C=O) groups excluding carboxylic acids is 2. The molecule has 0 atom stereocenters. The molecule has 0 radical (unpaired) electrons. The van der Waals surface area contributed by atoms with Crippen LogP contribution in [0.2, 0.25) is 10.0 Å². The van der Waals surface area contributed by atoms with Crippen LogP contribution in [0.25, 0.3) is 0 Å². The highest BCUT2D eigenvalue weighted by Gasteiger charge is 2.06. The van der Waals surface area contributed by atoms with Gasteiger partial charge in [0.25, 0.3) is 0 Å². The van der Waals surface area contributed by atoms with E-state index in [9.17, 15) is 9.59 Å². The predicted molar refractivity (Wildman–Crippen MR) is 104 cm³/mol. The molecule has 0 bridgehead atoms. The highest BCUT2D eigenvalue weighted by atomic mass is 79.9. The normalized spacial score (nSPS) is 10.2. The molecule has 2 aromatic rings. The second-order valence-electron chi connectivity index (χ2n) is 5.15. The number of amides is 3. The van der Waals surface area contributed by atoms with Gasteiger partial charge in [0.1, 0.15) is 0 Å². The zero-order valence-electron chi connectivity index (χ0n) is 13.1. The number of halogens is 3. The highest BCUT2D eigenvalue weighted by molar-refractivity contribution is 9.10. The van der Waals surface area contributed by atoms with Gasteiger partial charge in [0, 0.05) is 39.7 Å². The van der Waals surface area contributed by atoms with E-state index >= 15 is 0 Å². The molecule has 0 aliphatic carbocycles. The van der Waals surface area contributed by atoms with Crippen LogP contribution in [0.3, 0.4) is 0 Å². The summed E-state index contributed by atoms with van der Waals surface area (Å²) < 4.78 is 0.927. The topological polar surface area (TPSA) is 70.2 Å². The lowest BCUT2D eigenvalue weighted by Gasteiger charge is -2.09. The molecule has 3 N–H and O–H groups in total. The Balaban J connectivity index is 1.67. The van der Waals surface area contributed by atoms with Gasteiger partial charge in [0.15, 0.2) is 0 Å². The number of anilines is 1. The van der Waals surface area contributed by atoms with Gasteiger partial charge in [-0.25, -0.2) is 4.79 Å². The van der Waals surface area contributed by atoms with Crippen LogP contribution < -0.4 is 16.0 Å². The number of hydrogen-bond acceptors (Lipinski definition) is 2. The van der Waals surface area contributed by atoms with Crippen molar-refractivity contribution < 1.29 is 9.59 Å². The summed E-state index contributed by atoms with van der Waals surface area (Å²) in [5, 5.41) is 9.10. The molecule has 0 spiro atoms. The quantitative estimate of drug-likeness (QED) is 0.610. The molecule has 0 saturated carbocycles. The summed E-state index contributed by atoms with van der Waals surface area (Å²) >= 11 is 15.2. The smallest absolute Gasteiger partial charge is 0.319 e. The van der Waals surface area contributed by atoms with Crippen LogP contribution in [0.1, 0.15) is 12.0 Å². The highest BCUT2D eigenvalue weighted by Crippen LogP contribution is 2.20. The number of hydrogen-bond donors (Lipinski definition) is 3.